The number of nitrogens with one attached hydrogen (secondary N) is 1. The molecule has 0 atom stereocenters. The fraction of sp³-hybridized carbons (Fsp3) is 0.235. The van der Waals surface area contributed by atoms with Crippen LogP contribution in [0, 0.1) is 5.41 Å². The molecule has 0 bridgehead atoms. The molecule has 1 aromatic rings. The molecule has 7 heteroatoms. The third-order valence-electron chi connectivity index (χ3n) is 3.48. The van der Waals surface area contributed by atoms with Gasteiger partial charge in [0.2, 0.25) is 0 Å². The number of fused-ring (bicyclic) bond motifs is 1. The highest BCUT2D eigenvalue weighted by molar-refractivity contribution is 6.32. The fourth-order valence-corrected chi connectivity index (χ4v) is 2.42. The van der Waals surface area contributed by atoms with E-state index in [0.29, 0.717) is 35.3 Å². The highest BCUT2D eigenvalue weighted by Gasteiger charge is 2.34. The number of hydrogen-bond donors (Lipinski definition) is 1. The topological polar surface area (TPSA) is 84.2 Å². The number of amidine groups is 2. The Bertz CT molecular complexity index is 808. The summed E-state index contributed by atoms with van der Waals surface area (Å²) in [6.07, 6.45) is 3.20. The molecule has 0 aromatic heterocycles. The van der Waals surface area contributed by atoms with Gasteiger partial charge in [-0.3, -0.25) is 10.2 Å². The summed E-state index contributed by atoms with van der Waals surface area (Å²) in [5, 5.41) is 9.42. The van der Waals surface area contributed by atoms with E-state index in [-0.39, 0.29) is 11.4 Å². The van der Waals surface area contributed by atoms with E-state index in [1.54, 1.807) is 44.4 Å². The molecular formula is C17H17N3O4. The molecule has 0 spiro atoms. The van der Waals surface area contributed by atoms with Crippen LogP contribution in [-0.4, -0.2) is 36.4 Å². The van der Waals surface area contributed by atoms with Gasteiger partial charge in [-0.1, -0.05) is 6.07 Å². The number of hydrogen-bond acceptors (Lipinski definition) is 5. The van der Waals surface area contributed by atoms with Crippen molar-refractivity contribution >= 4 is 23.7 Å². The molecule has 1 aromatic carbocycles. The summed E-state index contributed by atoms with van der Waals surface area (Å²) in [4.78, 5) is 21.6. The minimum Gasteiger partial charge on any atom is -0.493 e. The maximum atomic E-state index is 12.2. The van der Waals surface area contributed by atoms with Gasteiger partial charge in [0.25, 0.3) is 5.91 Å². The molecule has 1 N–H and O–H groups in total. The summed E-state index contributed by atoms with van der Waals surface area (Å²) in [5.41, 5.74) is 0.846. The first-order chi connectivity index (χ1) is 11.5. The Balaban J connectivity index is 1.95. The number of aliphatic imine (C=N–C) groups is 1. The second-order valence-electron chi connectivity index (χ2n) is 5.17. The van der Waals surface area contributed by atoms with Gasteiger partial charge >= 0.3 is 0 Å². The minimum absolute atomic E-state index is 0.0500. The predicted octanol–water partition coefficient (Wildman–Crippen LogP) is 2.54. The van der Waals surface area contributed by atoms with E-state index < -0.39 is 5.91 Å². The van der Waals surface area contributed by atoms with Crippen molar-refractivity contribution < 1.29 is 19.1 Å². The van der Waals surface area contributed by atoms with Crippen LogP contribution in [0.2, 0.25) is 0 Å². The van der Waals surface area contributed by atoms with Crippen LogP contribution in [0.3, 0.4) is 0 Å². The minimum atomic E-state index is -0.478. The first-order valence-electron chi connectivity index (χ1n) is 7.44. The van der Waals surface area contributed by atoms with Gasteiger partial charge < -0.3 is 14.3 Å². The van der Waals surface area contributed by atoms with Crippen LogP contribution in [0.15, 0.2) is 40.6 Å². The summed E-state index contributed by atoms with van der Waals surface area (Å²) >= 11 is 0. The third kappa shape index (κ3) is 2.76. The zero-order chi connectivity index (χ0) is 17.3. The van der Waals surface area contributed by atoms with Crippen LogP contribution < -0.4 is 9.47 Å². The Labute approximate surface area is 139 Å². The van der Waals surface area contributed by atoms with Crippen molar-refractivity contribution in [1.82, 2.24) is 5.06 Å². The molecule has 0 radical (unpaired) electrons. The predicted molar refractivity (Wildman–Crippen MR) is 89.0 cm³/mol. The molecule has 1 amide bonds. The lowest BCUT2D eigenvalue weighted by Crippen LogP contribution is -2.38. The van der Waals surface area contributed by atoms with Crippen molar-refractivity contribution in [2.75, 3.05) is 13.7 Å². The molecule has 124 valence electrons. The van der Waals surface area contributed by atoms with Crippen LogP contribution in [0.4, 0.5) is 0 Å². The smallest absolute Gasteiger partial charge is 0.282 e. The van der Waals surface area contributed by atoms with Gasteiger partial charge in [0.1, 0.15) is 5.76 Å². The first kappa shape index (κ1) is 15.8. The van der Waals surface area contributed by atoms with E-state index >= 15 is 0 Å². The quantitative estimate of drug-likeness (QED) is 0.859. The number of allylic oxidation sites excluding steroid dienone is 1. The number of carbonyl (C=O) groups excluding carboxylic acids is 1. The molecule has 0 aliphatic carbocycles. The molecule has 0 saturated carbocycles. The van der Waals surface area contributed by atoms with Gasteiger partial charge in [0, 0.05) is 6.08 Å². The van der Waals surface area contributed by atoms with Gasteiger partial charge in [-0.05, 0) is 37.6 Å². The molecule has 0 saturated heterocycles. The Morgan fingerprint density at radius 3 is 2.88 bits per heavy atom. The van der Waals surface area contributed by atoms with Crippen molar-refractivity contribution in [1.29, 1.82) is 5.41 Å². The standard InChI is InChI=1S/C17H17N3O4/c1-4-23-13-6-5-11(9-14(13)22-3)8-12-16(18)20-15(19-17(12)21)7-10(2)24-20/h5-9,18H,4H2,1-3H3/b12-8+,18-16?. The number of rotatable bonds is 4. The van der Waals surface area contributed by atoms with E-state index in [0.717, 1.165) is 0 Å². The van der Waals surface area contributed by atoms with Gasteiger partial charge in [0.15, 0.2) is 23.2 Å². The van der Waals surface area contributed by atoms with E-state index in [1.165, 1.54) is 5.06 Å². The summed E-state index contributed by atoms with van der Waals surface area (Å²) in [5.74, 6) is 1.55. The fourth-order valence-electron chi connectivity index (χ4n) is 2.42. The molecule has 0 fully saturated rings. The van der Waals surface area contributed by atoms with Crippen LogP contribution >= 0.6 is 0 Å². The van der Waals surface area contributed by atoms with E-state index in [4.69, 9.17) is 19.7 Å². The van der Waals surface area contributed by atoms with E-state index in [2.05, 4.69) is 4.99 Å². The average molecular weight is 327 g/mol. The Morgan fingerprint density at radius 2 is 2.17 bits per heavy atom. The molecule has 24 heavy (non-hydrogen) atoms. The van der Waals surface area contributed by atoms with Crippen molar-refractivity contribution in [3.63, 3.8) is 0 Å². The summed E-state index contributed by atoms with van der Waals surface area (Å²) in [6, 6.07) is 5.29. The SMILES string of the molecule is CCOc1ccc(/C=C2\C(=N)N3OC(C)=CC3=NC2=O)cc1OC. The van der Waals surface area contributed by atoms with Gasteiger partial charge in [-0.2, -0.15) is 4.99 Å². The van der Waals surface area contributed by atoms with Crippen LogP contribution in [-0.2, 0) is 9.63 Å². The lowest BCUT2D eigenvalue weighted by atomic mass is 10.1. The van der Waals surface area contributed by atoms with Crippen LogP contribution in [0.25, 0.3) is 6.08 Å². The van der Waals surface area contributed by atoms with Crippen LogP contribution in [0.5, 0.6) is 11.5 Å². The average Bonchev–Trinajstić information content (AvgIpc) is 2.93. The zero-order valence-electron chi connectivity index (χ0n) is 13.6. The Morgan fingerprint density at radius 1 is 1.38 bits per heavy atom. The highest BCUT2D eigenvalue weighted by atomic mass is 16.7. The van der Waals surface area contributed by atoms with Crippen molar-refractivity contribution in [2.45, 2.75) is 13.8 Å². The summed E-state index contributed by atoms with van der Waals surface area (Å²) < 4.78 is 10.8. The number of nitrogens with zero attached hydrogens (tertiary/aromatic N) is 2. The van der Waals surface area contributed by atoms with Gasteiger partial charge in [0.05, 0.1) is 19.3 Å². The first-order valence-corrected chi connectivity index (χ1v) is 7.44. The number of hydroxylamine groups is 2. The van der Waals surface area contributed by atoms with Crippen LogP contribution in [0.1, 0.15) is 19.4 Å². The van der Waals surface area contributed by atoms with Crippen molar-refractivity contribution in [2.24, 2.45) is 4.99 Å². The third-order valence-corrected chi connectivity index (χ3v) is 3.48. The van der Waals surface area contributed by atoms with Gasteiger partial charge in [-0.25, -0.2) is 0 Å². The number of amides is 1. The molecular weight excluding hydrogens is 310 g/mol. The molecule has 2 aliphatic rings. The normalized spacial score (nSPS) is 18.1. The van der Waals surface area contributed by atoms with Crippen molar-refractivity contribution in [3.8, 4) is 11.5 Å². The van der Waals surface area contributed by atoms with E-state index in [9.17, 15) is 4.79 Å². The summed E-state index contributed by atoms with van der Waals surface area (Å²) in [7, 11) is 1.55. The molecule has 2 aliphatic heterocycles. The molecule has 3 rings (SSSR count). The summed E-state index contributed by atoms with van der Waals surface area (Å²) in [6.45, 7) is 4.15. The maximum absolute atomic E-state index is 12.2. The molecule has 0 unspecified atom stereocenters. The number of methoxy groups -OCH3 is 1. The largest absolute Gasteiger partial charge is 0.493 e. The van der Waals surface area contributed by atoms with Gasteiger partial charge in [-0.15, -0.1) is 5.06 Å². The second-order valence-corrected chi connectivity index (χ2v) is 5.17. The number of ether oxygens (including phenoxy) is 2. The zero-order valence-corrected chi connectivity index (χ0v) is 13.6. The Hall–Kier alpha value is -3.09. The lowest BCUT2D eigenvalue weighted by Gasteiger charge is -2.23. The lowest BCUT2D eigenvalue weighted by molar-refractivity contribution is -0.114. The monoisotopic (exact) mass is 327 g/mol. The van der Waals surface area contributed by atoms with E-state index in [1.807, 2.05) is 6.92 Å². The molecule has 2 heterocycles. The Kier molecular flexibility index (Phi) is 4.07. The maximum Gasteiger partial charge on any atom is 0.282 e. The molecule has 7 nitrogen and oxygen atoms in total. The van der Waals surface area contributed by atoms with Crippen molar-refractivity contribution in [3.05, 3.63) is 41.2 Å². The second kappa shape index (κ2) is 6.19. The highest BCUT2D eigenvalue weighted by Crippen LogP contribution is 2.30. The number of carbonyl (C=O) groups is 1. The number of benzene rings is 1.